The molecule has 0 radical (unpaired) electrons. The highest BCUT2D eigenvalue weighted by molar-refractivity contribution is 6.00. The van der Waals surface area contributed by atoms with Gasteiger partial charge in [-0.15, -0.1) is 0 Å². The zero-order valence-corrected chi connectivity index (χ0v) is 15.3. The summed E-state index contributed by atoms with van der Waals surface area (Å²) in [5.41, 5.74) is 0.525. The van der Waals surface area contributed by atoms with Gasteiger partial charge in [-0.2, -0.15) is 5.10 Å². The van der Waals surface area contributed by atoms with Crippen LogP contribution in [0.4, 0.5) is 5.69 Å². The zero-order valence-electron chi connectivity index (χ0n) is 15.3. The van der Waals surface area contributed by atoms with Crippen molar-refractivity contribution in [2.75, 3.05) is 20.8 Å². The Morgan fingerprint density at radius 2 is 1.93 bits per heavy atom. The van der Waals surface area contributed by atoms with E-state index in [1.165, 1.54) is 38.8 Å². The quantitative estimate of drug-likeness (QED) is 0.295. The summed E-state index contributed by atoms with van der Waals surface area (Å²) < 4.78 is 16.4. The third kappa shape index (κ3) is 4.40. The number of carbonyl (C=O) groups excluding carboxylic acids is 2. The van der Waals surface area contributed by atoms with Gasteiger partial charge in [0.15, 0.2) is 6.61 Å². The number of rotatable bonds is 8. The molecule has 0 aliphatic carbocycles. The molecule has 1 heterocycles. The minimum Gasteiger partial charge on any atom is -0.497 e. The molecule has 0 saturated carbocycles. The van der Waals surface area contributed by atoms with Crippen molar-refractivity contribution in [2.24, 2.45) is 0 Å². The first-order valence-electron chi connectivity index (χ1n) is 7.87. The fourth-order valence-corrected chi connectivity index (χ4v) is 2.53. The molecule has 0 saturated heterocycles. The largest absolute Gasteiger partial charge is 0.497 e. The van der Waals surface area contributed by atoms with Gasteiger partial charge in [-0.05, 0) is 26.0 Å². The maximum atomic E-state index is 12.3. The van der Waals surface area contributed by atoms with Gasteiger partial charge >= 0.3 is 11.7 Å². The van der Waals surface area contributed by atoms with E-state index in [2.05, 4.69) is 5.10 Å². The van der Waals surface area contributed by atoms with Crippen LogP contribution in [-0.2, 0) is 16.1 Å². The number of ether oxygens (including phenoxy) is 3. The molecule has 2 rings (SSSR count). The van der Waals surface area contributed by atoms with Crippen molar-refractivity contribution < 1.29 is 28.7 Å². The van der Waals surface area contributed by atoms with Crippen LogP contribution < -0.4 is 9.47 Å². The second kappa shape index (κ2) is 8.30. The molecule has 0 aliphatic heterocycles. The van der Waals surface area contributed by atoms with Crippen molar-refractivity contribution in [2.45, 2.75) is 20.4 Å². The van der Waals surface area contributed by atoms with Crippen LogP contribution >= 0.6 is 0 Å². The van der Waals surface area contributed by atoms with Gasteiger partial charge in [0, 0.05) is 6.07 Å². The van der Waals surface area contributed by atoms with Gasteiger partial charge in [0.05, 0.1) is 24.7 Å². The predicted molar refractivity (Wildman–Crippen MR) is 93.2 cm³/mol. The number of ketones is 1. The first-order chi connectivity index (χ1) is 12.8. The Morgan fingerprint density at radius 3 is 2.48 bits per heavy atom. The molecule has 0 aliphatic rings. The summed E-state index contributed by atoms with van der Waals surface area (Å²) in [7, 11) is 2.90. The van der Waals surface area contributed by atoms with E-state index in [4.69, 9.17) is 14.2 Å². The number of esters is 1. The number of nitro groups is 1. The molecular formula is C17H19N3O7. The van der Waals surface area contributed by atoms with Crippen molar-refractivity contribution in [1.29, 1.82) is 0 Å². The first-order valence-corrected chi connectivity index (χ1v) is 7.87. The fraction of sp³-hybridized carbons (Fsp3) is 0.353. The van der Waals surface area contributed by atoms with Crippen molar-refractivity contribution in [1.82, 2.24) is 9.78 Å². The zero-order chi connectivity index (χ0) is 20.1. The van der Waals surface area contributed by atoms with Crippen LogP contribution in [0, 0.1) is 24.0 Å². The number of Topliss-reactive ketones (excluding diaryl/α,β-unsaturated/α-hetero) is 1. The predicted octanol–water partition coefficient (Wildman–Crippen LogP) is 1.85. The Kier molecular flexibility index (Phi) is 6.11. The normalized spacial score (nSPS) is 10.4. The van der Waals surface area contributed by atoms with E-state index in [0.717, 1.165) is 0 Å². The van der Waals surface area contributed by atoms with Crippen LogP contribution in [0.5, 0.6) is 11.5 Å². The molecule has 10 heteroatoms. The number of benzene rings is 1. The Morgan fingerprint density at radius 1 is 1.22 bits per heavy atom. The Labute approximate surface area is 154 Å². The number of hydrogen-bond donors (Lipinski definition) is 0. The smallest absolute Gasteiger partial charge is 0.328 e. The lowest BCUT2D eigenvalue weighted by molar-refractivity contribution is -0.386. The number of methoxy groups -OCH3 is 2. The van der Waals surface area contributed by atoms with E-state index < -0.39 is 23.3 Å². The van der Waals surface area contributed by atoms with Gasteiger partial charge in [-0.3, -0.25) is 24.4 Å². The molecule has 0 unspecified atom stereocenters. The SMILES string of the molecule is COc1ccc(C(=O)COC(=O)Cn2nc(C)c([N+](=O)[O-])c2C)c(OC)c1. The van der Waals surface area contributed by atoms with E-state index in [-0.39, 0.29) is 29.2 Å². The molecule has 27 heavy (non-hydrogen) atoms. The van der Waals surface area contributed by atoms with E-state index in [0.29, 0.717) is 11.5 Å². The third-order valence-corrected chi connectivity index (χ3v) is 3.88. The Hall–Kier alpha value is -3.43. The average Bonchev–Trinajstić information content (AvgIpc) is 2.92. The second-order valence-electron chi connectivity index (χ2n) is 5.58. The molecule has 0 N–H and O–H groups in total. The molecular weight excluding hydrogens is 358 g/mol. The molecule has 10 nitrogen and oxygen atoms in total. The molecule has 1 aromatic heterocycles. The van der Waals surface area contributed by atoms with E-state index in [1.54, 1.807) is 12.1 Å². The van der Waals surface area contributed by atoms with E-state index >= 15 is 0 Å². The minimum atomic E-state index is -0.740. The number of carbonyl (C=O) groups is 2. The number of aromatic nitrogens is 2. The lowest BCUT2D eigenvalue weighted by Crippen LogP contribution is -2.20. The van der Waals surface area contributed by atoms with Crippen molar-refractivity contribution in [3.05, 3.63) is 45.3 Å². The lowest BCUT2D eigenvalue weighted by Gasteiger charge is -2.10. The van der Waals surface area contributed by atoms with Crippen molar-refractivity contribution in [3.63, 3.8) is 0 Å². The van der Waals surface area contributed by atoms with Crippen LogP contribution in [-0.4, -0.2) is 47.3 Å². The molecule has 0 bridgehead atoms. The standard InChI is InChI=1S/C17H19N3O7/c1-10-17(20(23)24)11(2)19(18-10)8-16(22)27-9-14(21)13-6-5-12(25-3)7-15(13)26-4/h5-7H,8-9H2,1-4H3. The van der Waals surface area contributed by atoms with Gasteiger partial charge in [0.2, 0.25) is 5.78 Å². The second-order valence-corrected chi connectivity index (χ2v) is 5.58. The molecule has 1 aromatic carbocycles. The molecule has 2 aromatic rings. The molecule has 0 atom stereocenters. The van der Waals surface area contributed by atoms with Crippen molar-refractivity contribution in [3.8, 4) is 11.5 Å². The van der Waals surface area contributed by atoms with Gasteiger partial charge < -0.3 is 14.2 Å². The van der Waals surface area contributed by atoms with E-state index in [9.17, 15) is 19.7 Å². The Bertz CT molecular complexity index is 889. The van der Waals surface area contributed by atoms with Gasteiger partial charge in [0.1, 0.15) is 29.4 Å². The third-order valence-electron chi connectivity index (χ3n) is 3.88. The maximum Gasteiger partial charge on any atom is 0.328 e. The summed E-state index contributed by atoms with van der Waals surface area (Å²) in [5.74, 6) is -0.380. The summed E-state index contributed by atoms with van der Waals surface area (Å²) in [4.78, 5) is 34.7. The first kappa shape index (κ1) is 19.9. The average molecular weight is 377 g/mol. The maximum absolute atomic E-state index is 12.3. The van der Waals surface area contributed by atoms with Crippen LogP contribution in [0.1, 0.15) is 21.7 Å². The number of hydrogen-bond acceptors (Lipinski definition) is 8. The molecule has 0 amide bonds. The molecule has 0 spiro atoms. The van der Waals surface area contributed by atoms with Crippen LogP contribution in [0.25, 0.3) is 0 Å². The van der Waals surface area contributed by atoms with Crippen LogP contribution in [0.15, 0.2) is 18.2 Å². The number of nitrogens with zero attached hydrogens (tertiary/aromatic N) is 3. The molecule has 144 valence electrons. The monoisotopic (exact) mass is 377 g/mol. The van der Waals surface area contributed by atoms with Crippen LogP contribution in [0.3, 0.4) is 0 Å². The topological polar surface area (TPSA) is 123 Å². The van der Waals surface area contributed by atoms with Crippen LogP contribution in [0.2, 0.25) is 0 Å². The molecule has 0 fully saturated rings. The number of aryl methyl sites for hydroxylation is 1. The van der Waals surface area contributed by atoms with E-state index in [1.807, 2.05) is 0 Å². The fourth-order valence-electron chi connectivity index (χ4n) is 2.53. The van der Waals surface area contributed by atoms with Crippen molar-refractivity contribution >= 4 is 17.4 Å². The summed E-state index contributed by atoms with van der Waals surface area (Å²) in [6.45, 7) is 2.13. The highest BCUT2D eigenvalue weighted by atomic mass is 16.6. The highest BCUT2D eigenvalue weighted by Crippen LogP contribution is 2.25. The lowest BCUT2D eigenvalue weighted by atomic mass is 10.1. The minimum absolute atomic E-state index is 0.151. The highest BCUT2D eigenvalue weighted by Gasteiger charge is 2.23. The summed E-state index contributed by atoms with van der Waals surface area (Å²) in [6, 6.07) is 4.65. The summed E-state index contributed by atoms with van der Waals surface area (Å²) in [6.07, 6.45) is 0. The Balaban J connectivity index is 2.03. The summed E-state index contributed by atoms with van der Waals surface area (Å²) >= 11 is 0. The van der Waals surface area contributed by atoms with Gasteiger partial charge in [-0.25, -0.2) is 0 Å². The summed E-state index contributed by atoms with van der Waals surface area (Å²) in [5, 5.41) is 14.9. The van der Waals surface area contributed by atoms with Gasteiger partial charge in [0.25, 0.3) is 0 Å². The van der Waals surface area contributed by atoms with Gasteiger partial charge in [-0.1, -0.05) is 0 Å².